The van der Waals surface area contributed by atoms with Gasteiger partial charge in [-0.2, -0.15) is 0 Å². The molecular formula is C26H20BrClN4O5S3. The minimum Gasteiger partial charge on any atom is -0.503 e. The Balaban J connectivity index is 1.57. The molecule has 1 aliphatic heterocycles. The standard InChI is InChI=1S/C26H20BrClN4O5S3/c1-11-23(39-12(2)29-11)21(34)18-19(14-8-15(27)20(33)17(9-14)37-3)32(24(36)22(18)35)25-30-31-26(40-25)38-10-13-6-4-5-7-16(13)28/h4-9,19,33,35H,10H2,1-3H3. The van der Waals surface area contributed by atoms with Crippen molar-refractivity contribution in [2.45, 2.75) is 30.0 Å². The molecule has 5 rings (SSSR count). The normalized spacial score (nSPS) is 15.3. The number of nitrogens with zero attached hydrogens (tertiary/aromatic N) is 4. The number of thioether (sulfide) groups is 1. The zero-order chi connectivity index (χ0) is 28.7. The number of thiazole rings is 1. The third-order valence-electron chi connectivity index (χ3n) is 6.06. The number of aliphatic hydroxyl groups is 1. The second kappa shape index (κ2) is 11.5. The third-order valence-corrected chi connectivity index (χ3v) is 10.2. The molecule has 0 fully saturated rings. The summed E-state index contributed by atoms with van der Waals surface area (Å²) in [5.74, 6) is -1.51. The summed E-state index contributed by atoms with van der Waals surface area (Å²) in [7, 11) is 1.39. The number of carbonyl (C=O) groups excluding carboxylic acids is 2. The number of amides is 1. The van der Waals surface area contributed by atoms with Crippen LogP contribution in [-0.4, -0.2) is 44.2 Å². The molecule has 0 saturated carbocycles. The van der Waals surface area contributed by atoms with E-state index in [1.807, 2.05) is 18.2 Å². The number of hydrogen-bond donors (Lipinski definition) is 2. The Labute approximate surface area is 254 Å². The molecule has 206 valence electrons. The molecule has 40 heavy (non-hydrogen) atoms. The molecule has 1 unspecified atom stereocenters. The van der Waals surface area contributed by atoms with Gasteiger partial charge in [0.15, 0.2) is 21.6 Å². The highest BCUT2D eigenvalue weighted by molar-refractivity contribution is 9.10. The fraction of sp³-hybridized carbons (Fsp3) is 0.192. The SMILES string of the molecule is COc1cc(C2C(C(=O)c3sc(C)nc3C)=C(O)C(=O)N2c2nnc(SCc3ccccc3Cl)s2)cc(Br)c1O. The summed E-state index contributed by atoms with van der Waals surface area (Å²) in [6, 6.07) is 9.45. The number of rotatable bonds is 8. The predicted octanol–water partition coefficient (Wildman–Crippen LogP) is 6.82. The molecule has 0 spiro atoms. The Morgan fingerprint density at radius 2 is 1.95 bits per heavy atom. The van der Waals surface area contributed by atoms with Crippen molar-refractivity contribution in [3.05, 3.63) is 83.9 Å². The first-order valence-corrected chi connectivity index (χ1v) is 15.4. The van der Waals surface area contributed by atoms with E-state index in [-0.39, 0.29) is 26.7 Å². The Bertz CT molecular complexity index is 1690. The van der Waals surface area contributed by atoms with Gasteiger partial charge >= 0.3 is 0 Å². The maximum atomic E-state index is 13.8. The number of phenols is 1. The van der Waals surface area contributed by atoms with Crippen LogP contribution in [0, 0.1) is 13.8 Å². The van der Waals surface area contributed by atoms with Crippen molar-refractivity contribution in [2.24, 2.45) is 0 Å². The number of halogens is 2. The van der Waals surface area contributed by atoms with E-state index in [0.29, 0.717) is 36.3 Å². The maximum Gasteiger partial charge on any atom is 0.296 e. The van der Waals surface area contributed by atoms with Crippen molar-refractivity contribution >= 4 is 78.8 Å². The van der Waals surface area contributed by atoms with Crippen molar-refractivity contribution in [3.63, 3.8) is 0 Å². The topological polar surface area (TPSA) is 126 Å². The maximum absolute atomic E-state index is 13.8. The molecule has 0 aliphatic carbocycles. The quantitative estimate of drug-likeness (QED) is 0.117. The van der Waals surface area contributed by atoms with Crippen molar-refractivity contribution in [2.75, 3.05) is 12.0 Å². The monoisotopic (exact) mass is 678 g/mol. The lowest BCUT2D eigenvalue weighted by Crippen LogP contribution is -2.31. The number of benzene rings is 2. The van der Waals surface area contributed by atoms with Gasteiger partial charge in [-0.1, -0.05) is 52.9 Å². The number of Topliss-reactive ketones (excluding diaryl/α,β-unsaturated/α-hetero) is 1. The van der Waals surface area contributed by atoms with Gasteiger partial charge in [0, 0.05) is 10.8 Å². The van der Waals surface area contributed by atoms with Gasteiger partial charge in [-0.25, -0.2) is 4.98 Å². The number of aryl methyl sites for hydroxylation is 2. The summed E-state index contributed by atoms with van der Waals surface area (Å²) < 4.78 is 6.17. The molecule has 1 amide bonds. The van der Waals surface area contributed by atoms with Crippen LogP contribution in [0.1, 0.15) is 37.5 Å². The number of aliphatic hydroxyl groups excluding tert-OH is 1. The highest BCUT2D eigenvalue weighted by Crippen LogP contribution is 2.47. The molecule has 0 saturated heterocycles. The molecular weight excluding hydrogens is 660 g/mol. The van der Waals surface area contributed by atoms with Gasteiger partial charge in [0.2, 0.25) is 10.9 Å². The van der Waals surface area contributed by atoms with E-state index >= 15 is 0 Å². The molecule has 0 radical (unpaired) electrons. The van der Waals surface area contributed by atoms with Gasteiger partial charge in [-0.3, -0.25) is 14.5 Å². The van der Waals surface area contributed by atoms with E-state index in [1.165, 1.54) is 41.2 Å². The fourth-order valence-electron chi connectivity index (χ4n) is 4.23. The molecule has 1 atom stereocenters. The number of ketones is 1. The minimum atomic E-state index is -1.08. The Kier molecular flexibility index (Phi) is 8.20. The highest BCUT2D eigenvalue weighted by atomic mass is 79.9. The summed E-state index contributed by atoms with van der Waals surface area (Å²) in [5.41, 5.74) is 1.69. The average molecular weight is 680 g/mol. The van der Waals surface area contributed by atoms with Crippen molar-refractivity contribution in [3.8, 4) is 11.5 Å². The Morgan fingerprint density at radius 1 is 1.20 bits per heavy atom. The van der Waals surface area contributed by atoms with Crippen LogP contribution in [0.3, 0.4) is 0 Å². The highest BCUT2D eigenvalue weighted by Gasteiger charge is 2.47. The van der Waals surface area contributed by atoms with Gasteiger partial charge in [-0.05, 0) is 59.1 Å². The van der Waals surface area contributed by atoms with E-state index in [2.05, 4.69) is 31.1 Å². The number of hydrogen-bond acceptors (Lipinski definition) is 11. The van der Waals surface area contributed by atoms with Crippen LogP contribution < -0.4 is 9.64 Å². The van der Waals surface area contributed by atoms with Crippen molar-refractivity contribution in [1.82, 2.24) is 15.2 Å². The second-order valence-corrected chi connectivity index (χ2v) is 13.2. The van der Waals surface area contributed by atoms with Crippen LogP contribution in [0.4, 0.5) is 5.13 Å². The lowest BCUT2D eigenvalue weighted by Gasteiger charge is -2.24. The molecule has 2 N–H and O–H groups in total. The molecule has 14 heteroatoms. The smallest absolute Gasteiger partial charge is 0.296 e. The van der Waals surface area contributed by atoms with Gasteiger partial charge in [0.25, 0.3) is 5.91 Å². The molecule has 4 aromatic rings. The zero-order valence-electron chi connectivity index (χ0n) is 21.1. The number of phenolic OH excluding ortho intramolecular Hbond substituents is 1. The number of aromatic hydroxyl groups is 1. The first-order valence-electron chi connectivity index (χ1n) is 11.6. The predicted molar refractivity (Wildman–Crippen MR) is 159 cm³/mol. The fourth-order valence-corrected chi connectivity index (χ4v) is 7.72. The summed E-state index contributed by atoms with van der Waals surface area (Å²) in [6.07, 6.45) is 0. The number of carbonyl (C=O) groups is 2. The number of ether oxygens (including phenoxy) is 1. The number of anilines is 1. The van der Waals surface area contributed by atoms with Gasteiger partial charge < -0.3 is 14.9 Å². The van der Waals surface area contributed by atoms with Gasteiger partial charge in [0.1, 0.15) is 0 Å². The summed E-state index contributed by atoms with van der Waals surface area (Å²) >= 11 is 13.3. The van der Waals surface area contributed by atoms with Crippen LogP contribution >= 0.6 is 62.0 Å². The number of aromatic nitrogens is 3. The van der Waals surface area contributed by atoms with E-state index in [9.17, 15) is 19.8 Å². The minimum absolute atomic E-state index is 0.119. The van der Waals surface area contributed by atoms with Gasteiger partial charge in [-0.15, -0.1) is 21.5 Å². The summed E-state index contributed by atoms with van der Waals surface area (Å²) in [4.78, 5) is 33.3. The first-order chi connectivity index (χ1) is 19.1. The first kappa shape index (κ1) is 28.6. The van der Waals surface area contributed by atoms with Crippen LogP contribution in [0.2, 0.25) is 5.02 Å². The molecule has 1 aliphatic rings. The van der Waals surface area contributed by atoms with Crippen molar-refractivity contribution in [1.29, 1.82) is 0 Å². The third kappa shape index (κ3) is 5.23. The summed E-state index contributed by atoms with van der Waals surface area (Å²) in [6.45, 7) is 3.47. The van der Waals surface area contributed by atoms with Crippen LogP contribution in [0.5, 0.6) is 11.5 Å². The summed E-state index contributed by atoms with van der Waals surface area (Å²) in [5, 5.41) is 31.4. The van der Waals surface area contributed by atoms with E-state index in [4.69, 9.17) is 16.3 Å². The lowest BCUT2D eigenvalue weighted by atomic mass is 9.95. The molecule has 9 nitrogen and oxygen atoms in total. The number of methoxy groups -OCH3 is 1. The molecule has 0 bridgehead atoms. The zero-order valence-corrected chi connectivity index (χ0v) is 25.9. The van der Waals surface area contributed by atoms with Crippen LogP contribution in [-0.2, 0) is 10.5 Å². The molecule has 2 aromatic carbocycles. The Morgan fingerprint density at radius 3 is 2.62 bits per heavy atom. The average Bonchev–Trinajstić information content (AvgIpc) is 3.60. The van der Waals surface area contributed by atoms with Gasteiger partial charge in [0.05, 0.1) is 38.8 Å². The largest absolute Gasteiger partial charge is 0.503 e. The van der Waals surface area contributed by atoms with E-state index < -0.39 is 23.5 Å². The van der Waals surface area contributed by atoms with Crippen molar-refractivity contribution < 1.29 is 24.5 Å². The Hall–Kier alpha value is -2.97. The van der Waals surface area contributed by atoms with Crippen LogP contribution in [0.25, 0.3) is 0 Å². The lowest BCUT2D eigenvalue weighted by molar-refractivity contribution is -0.117. The van der Waals surface area contributed by atoms with Crippen LogP contribution in [0.15, 0.2) is 56.5 Å². The van der Waals surface area contributed by atoms with E-state index in [1.54, 1.807) is 26.0 Å². The van der Waals surface area contributed by atoms with E-state index in [0.717, 1.165) is 16.9 Å². The second-order valence-electron chi connectivity index (χ2n) is 8.60. The molecule has 3 heterocycles. The molecule has 2 aromatic heterocycles.